The highest BCUT2D eigenvalue weighted by atomic mass is 16.5. The average molecular weight is 457 g/mol. The first kappa shape index (κ1) is 26.6. The molecule has 0 spiro atoms. The Labute approximate surface area is 198 Å². The van der Waals surface area contributed by atoms with Crippen LogP contribution in [0.2, 0.25) is 0 Å². The lowest BCUT2D eigenvalue weighted by molar-refractivity contribution is -0.143. The molecule has 0 aliphatic heterocycles. The highest BCUT2D eigenvalue weighted by molar-refractivity contribution is 5.89. The van der Waals surface area contributed by atoms with Crippen molar-refractivity contribution in [1.82, 2.24) is 9.55 Å². The second kappa shape index (κ2) is 13.8. The molecule has 6 nitrogen and oxygen atoms in total. The first-order valence-corrected chi connectivity index (χ1v) is 12.4. The molecule has 2 heterocycles. The van der Waals surface area contributed by atoms with Crippen LogP contribution < -0.4 is 0 Å². The summed E-state index contributed by atoms with van der Waals surface area (Å²) in [6.45, 7) is 11.1. The van der Waals surface area contributed by atoms with Crippen LogP contribution in [0, 0.1) is 5.92 Å². The number of pyridine rings is 1. The SMILES string of the molecule is CC/C=C(\Cn1c(CCC(=O)OCC)c(CC(C)=O)c2cccnc21)OCC.CCC1CC1. The van der Waals surface area contributed by atoms with Gasteiger partial charge in [0.15, 0.2) is 0 Å². The van der Waals surface area contributed by atoms with Gasteiger partial charge in [-0.1, -0.05) is 33.1 Å². The van der Waals surface area contributed by atoms with E-state index in [4.69, 9.17) is 9.47 Å². The third-order valence-electron chi connectivity index (χ3n) is 5.69. The van der Waals surface area contributed by atoms with Crippen molar-refractivity contribution in [3.8, 4) is 0 Å². The Balaban J connectivity index is 0.000000678. The number of carbonyl (C=O) groups is 2. The lowest BCUT2D eigenvalue weighted by Crippen LogP contribution is -2.13. The summed E-state index contributed by atoms with van der Waals surface area (Å²) in [6, 6.07) is 3.85. The van der Waals surface area contributed by atoms with Crippen LogP contribution in [0.5, 0.6) is 0 Å². The van der Waals surface area contributed by atoms with Crippen LogP contribution >= 0.6 is 0 Å². The van der Waals surface area contributed by atoms with Crippen molar-refractivity contribution in [2.45, 2.75) is 86.1 Å². The number of allylic oxidation sites excluding steroid dienone is 2. The highest BCUT2D eigenvalue weighted by Gasteiger charge is 2.21. The largest absolute Gasteiger partial charge is 0.497 e. The van der Waals surface area contributed by atoms with Crippen molar-refractivity contribution in [1.29, 1.82) is 0 Å². The Hall–Kier alpha value is -2.63. The molecule has 0 bridgehead atoms. The molecule has 2 aromatic heterocycles. The van der Waals surface area contributed by atoms with E-state index in [2.05, 4.69) is 29.5 Å². The van der Waals surface area contributed by atoms with Crippen molar-refractivity contribution < 1.29 is 19.1 Å². The third kappa shape index (κ3) is 8.34. The zero-order chi connectivity index (χ0) is 24.2. The normalized spacial score (nSPS) is 13.4. The van der Waals surface area contributed by atoms with E-state index in [-0.39, 0.29) is 18.2 Å². The average Bonchev–Trinajstić information content (AvgIpc) is 3.59. The minimum Gasteiger partial charge on any atom is -0.497 e. The van der Waals surface area contributed by atoms with Gasteiger partial charge in [-0.3, -0.25) is 9.59 Å². The number of ether oxygens (including phenoxy) is 2. The van der Waals surface area contributed by atoms with Gasteiger partial charge in [-0.25, -0.2) is 4.98 Å². The number of fused-ring (bicyclic) bond motifs is 1. The monoisotopic (exact) mass is 456 g/mol. The molecule has 1 saturated carbocycles. The predicted octanol–water partition coefficient (Wildman–Crippen LogP) is 5.80. The molecule has 0 amide bonds. The van der Waals surface area contributed by atoms with E-state index in [0.29, 0.717) is 32.6 Å². The molecular formula is C27H40N2O4. The maximum Gasteiger partial charge on any atom is 0.306 e. The van der Waals surface area contributed by atoms with Gasteiger partial charge in [0.2, 0.25) is 0 Å². The number of Topliss-reactive ketones (excluding diaryl/α,β-unsaturated/α-hetero) is 1. The number of nitrogens with zero attached hydrogens (tertiary/aromatic N) is 2. The predicted molar refractivity (Wildman–Crippen MR) is 132 cm³/mol. The summed E-state index contributed by atoms with van der Waals surface area (Å²) < 4.78 is 13.0. The van der Waals surface area contributed by atoms with Crippen LogP contribution in [0.1, 0.15) is 78.0 Å². The Morgan fingerprint density at radius 1 is 1.15 bits per heavy atom. The second-order valence-corrected chi connectivity index (χ2v) is 8.43. The Morgan fingerprint density at radius 3 is 2.42 bits per heavy atom. The summed E-state index contributed by atoms with van der Waals surface area (Å²) in [4.78, 5) is 28.4. The molecule has 1 fully saturated rings. The number of ketones is 1. The quantitative estimate of drug-likeness (QED) is 0.298. The van der Waals surface area contributed by atoms with Crippen molar-refractivity contribution in [3.63, 3.8) is 0 Å². The maximum absolute atomic E-state index is 12.0. The molecule has 2 aromatic rings. The maximum atomic E-state index is 12.0. The standard InChI is InChI=1S/C22H30N2O4.C5H10/c1-5-9-17(27-6-2)15-24-20(11-12-21(26)28-7-3)19(14-16(4)25)18-10-8-13-23-22(18)24;1-2-5-3-4-5/h8-10,13H,5-7,11-12,14-15H2,1-4H3;5H,2-4H2,1H3/b17-9+;. The number of hydrogen-bond donors (Lipinski definition) is 0. The number of hydrogen-bond acceptors (Lipinski definition) is 5. The number of esters is 1. The van der Waals surface area contributed by atoms with E-state index in [1.807, 2.05) is 19.1 Å². The fourth-order valence-electron chi connectivity index (χ4n) is 3.91. The molecule has 0 N–H and O–H groups in total. The van der Waals surface area contributed by atoms with Crippen molar-refractivity contribution in [3.05, 3.63) is 41.4 Å². The fourth-order valence-corrected chi connectivity index (χ4v) is 3.91. The van der Waals surface area contributed by atoms with Crippen molar-refractivity contribution in [2.75, 3.05) is 13.2 Å². The first-order valence-electron chi connectivity index (χ1n) is 12.4. The van der Waals surface area contributed by atoms with Crippen LogP contribution in [0.15, 0.2) is 30.2 Å². The van der Waals surface area contributed by atoms with Crippen LogP contribution in [0.3, 0.4) is 0 Å². The molecule has 0 saturated heterocycles. The number of rotatable bonds is 12. The van der Waals surface area contributed by atoms with E-state index < -0.39 is 0 Å². The minimum absolute atomic E-state index is 0.0782. The summed E-state index contributed by atoms with van der Waals surface area (Å²) in [5, 5.41) is 0.948. The van der Waals surface area contributed by atoms with E-state index in [1.54, 1.807) is 20.0 Å². The Bertz CT molecular complexity index is 941. The van der Waals surface area contributed by atoms with Crippen LogP contribution in [0.4, 0.5) is 0 Å². The molecule has 0 atom stereocenters. The summed E-state index contributed by atoms with van der Waals surface area (Å²) >= 11 is 0. The molecular weight excluding hydrogens is 416 g/mol. The van der Waals surface area contributed by atoms with Gasteiger partial charge in [-0.15, -0.1) is 0 Å². The van der Waals surface area contributed by atoms with Gasteiger partial charge < -0.3 is 14.0 Å². The van der Waals surface area contributed by atoms with Gasteiger partial charge >= 0.3 is 5.97 Å². The molecule has 0 radical (unpaired) electrons. The van der Waals surface area contributed by atoms with Crippen molar-refractivity contribution in [2.24, 2.45) is 5.92 Å². The number of carbonyl (C=O) groups excluding carboxylic acids is 2. The Kier molecular flexibility index (Phi) is 11.1. The van der Waals surface area contributed by atoms with Gasteiger partial charge in [0.1, 0.15) is 17.2 Å². The van der Waals surface area contributed by atoms with Crippen LogP contribution in [-0.4, -0.2) is 34.5 Å². The van der Waals surface area contributed by atoms with Crippen LogP contribution in [0.25, 0.3) is 11.0 Å². The van der Waals surface area contributed by atoms with Gasteiger partial charge in [-0.05, 0) is 63.3 Å². The fraction of sp³-hybridized carbons (Fsp3) is 0.593. The zero-order valence-corrected chi connectivity index (χ0v) is 21.0. The smallest absolute Gasteiger partial charge is 0.306 e. The summed E-state index contributed by atoms with van der Waals surface area (Å²) in [5.74, 6) is 1.83. The lowest BCUT2D eigenvalue weighted by Gasteiger charge is -2.15. The molecule has 182 valence electrons. The molecule has 3 rings (SSSR count). The molecule has 0 aromatic carbocycles. The molecule has 6 heteroatoms. The van der Waals surface area contributed by atoms with E-state index in [0.717, 1.165) is 40.4 Å². The van der Waals surface area contributed by atoms with Crippen LogP contribution in [-0.2, 0) is 38.4 Å². The lowest BCUT2D eigenvalue weighted by atomic mass is 10.0. The van der Waals surface area contributed by atoms with Crippen molar-refractivity contribution >= 4 is 22.8 Å². The summed E-state index contributed by atoms with van der Waals surface area (Å²) in [5.41, 5.74) is 2.69. The topological polar surface area (TPSA) is 70.4 Å². The summed E-state index contributed by atoms with van der Waals surface area (Å²) in [7, 11) is 0. The first-order chi connectivity index (χ1) is 15.9. The number of aromatic nitrogens is 2. The molecule has 33 heavy (non-hydrogen) atoms. The van der Waals surface area contributed by atoms with Gasteiger partial charge in [0, 0.05) is 23.7 Å². The highest BCUT2D eigenvalue weighted by Crippen LogP contribution is 2.31. The van der Waals surface area contributed by atoms with E-state index in [9.17, 15) is 9.59 Å². The molecule has 1 aliphatic carbocycles. The molecule has 1 aliphatic rings. The zero-order valence-electron chi connectivity index (χ0n) is 21.0. The Morgan fingerprint density at radius 2 is 1.88 bits per heavy atom. The van der Waals surface area contributed by atoms with E-state index >= 15 is 0 Å². The third-order valence-corrected chi connectivity index (χ3v) is 5.69. The second-order valence-electron chi connectivity index (χ2n) is 8.43. The summed E-state index contributed by atoms with van der Waals surface area (Å²) in [6.07, 6.45) is 10.2. The van der Waals surface area contributed by atoms with E-state index in [1.165, 1.54) is 19.3 Å². The van der Waals surface area contributed by atoms with Gasteiger partial charge in [0.05, 0.1) is 26.2 Å². The van der Waals surface area contributed by atoms with Gasteiger partial charge in [0.25, 0.3) is 0 Å². The van der Waals surface area contributed by atoms with Gasteiger partial charge in [-0.2, -0.15) is 0 Å². The minimum atomic E-state index is -0.241. The molecule has 0 unspecified atom stereocenters.